The molecule has 2 N–H and O–H groups in total. The average Bonchev–Trinajstić information content (AvgIpc) is 2.35. The van der Waals surface area contributed by atoms with Crippen LogP contribution in [0.2, 0.25) is 0 Å². The maximum absolute atomic E-state index is 11.1. The molecule has 0 amide bonds. The molecule has 1 aromatic rings. The largest absolute Gasteiger partial charge is 0.482 e. The van der Waals surface area contributed by atoms with Crippen molar-refractivity contribution in [1.29, 1.82) is 0 Å². The minimum absolute atomic E-state index is 0.277. The summed E-state index contributed by atoms with van der Waals surface area (Å²) in [6.07, 6.45) is 0. The Hall–Kier alpha value is -2.24. The lowest BCUT2D eigenvalue weighted by molar-refractivity contribution is -0.158. The number of hydrogen-bond donors (Lipinski definition) is 1. The highest BCUT2D eigenvalue weighted by molar-refractivity contribution is 5.77. The summed E-state index contributed by atoms with van der Waals surface area (Å²) in [5, 5.41) is 0. The second-order valence-corrected chi connectivity index (χ2v) is 3.09. The lowest BCUT2D eigenvalue weighted by atomic mass is 10.3. The number of ether oxygens (including phenoxy) is 3. The summed E-state index contributed by atoms with van der Waals surface area (Å²) in [6, 6.07) is 6.55. The number of rotatable bonds is 5. The van der Waals surface area contributed by atoms with Crippen molar-refractivity contribution in [2.45, 2.75) is 0 Å². The van der Waals surface area contributed by atoms with Crippen LogP contribution >= 0.6 is 0 Å². The lowest BCUT2D eigenvalue weighted by Gasteiger charge is -2.06. The van der Waals surface area contributed by atoms with E-state index in [0.717, 1.165) is 0 Å². The monoisotopic (exact) mass is 239 g/mol. The highest BCUT2D eigenvalue weighted by atomic mass is 16.6. The van der Waals surface area contributed by atoms with E-state index in [0.29, 0.717) is 11.4 Å². The molecule has 0 aromatic heterocycles. The van der Waals surface area contributed by atoms with Gasteiger partial charge in [0.1, 0.15) is 5.75 Å². The smallest absolute Gasteiger partial charge is 0.344 e. The van der Waals surface area contributed by atoms with E-state index in [2.05, 4.69) is 9.47 Å². The number of nitrogens with two attached hydrogens (primary N) is 1. The van der Waals surface area contributed by atoms with Crippen LogP contribution in [0.4, 0.5) is 5.69 Å². The van der Waals surface area contributed by atoms with Crippen LogP contribution < -0.4 is 10.5 Å². The van der Waals surface area contributed by atoms with E-state index in [1.807, 2.05) is 0 Å². The summed E-state index contributed by atoms with van der Waals surface area (Å²) in [4.78, 5) is 21.8. The van der Waals surface area contributed by atoms with E-state index in [1.54, 1.807) is 24.3 Å². The molecular weight excluding hydrogens is 226 g/mol. The van der Waals surface area contributed by atoms with Gasteiger partial charge in [-0.3, -0.25) is 0 Å². The van der Waals surface area contributed by atoms with E-state index in [1.165, 1.54) is 7.11 Å². The molecule has 0 aliphatic rings. The molecule has 0 atom stereocenters. The number of methoxy groups -OCH3 is 1. The van der Waals surface area contributed by atoms with Gasteiger partial charge in [-0.25, -0.2) is 9.59 Å². The molecule has 17 heavy (non-hydrogen) atoms. The summed E-state index contributed by atoms with van der Waals surface area (Å²) < 4.78 is 14.0. The average molecular weight is 239 g/mol. The molecule has 0 bridgehead atoms. The van der Waals surface area contributed by atoms with E-state index in [4.69, 9.17) is 10.5 Å². The molecule has 0 saturated carbocycles. The van der Waals surface area contributed by atoms with Gasteiger partial charge in [0.2, 0.25) is 0 Å². The molecule has 1 rings (SSSR count). The number of carbonyl (C=O) groups excluding carboxylic acids is 2. The SMILES string of the molecule is COC(=O)COC(=O)COc1ccc(N)cc1. The zero-order chi connectivity index (χ0) is 12.7. The molecule has 0 radical (unpaired) electrons. The Morgan fingerprint density at radius 1 is 1.12 bits per heavy atom. The Bertz CT molecular complexity index is 387. The summed E-state index contributed by atoms with van der Waals surface area (Å²) in [7, 11) is 1.21. The summed E-state index contributed by atoms with van der Waals surface area (Å²) in [5.41, 5.74) is 6.08. The quantitative estimate of drug-likeness (QED) is 0.589. The lowest BCUT2D eigenvalue weighted by Crippen LogP contribution is -2.20. The van der Waals surface area contributed by atoms with Gasteiger partial charge in [0.25, 0.3) is 0 Å². The second kappa shape index (κ2) is 6.37. The van der Waals surface area contributed by atoms with Crippen molar-refractivity contribution in [1.82, 2.24) is 0 Å². The number of esters is 2. The Labute approximate surface area is 98.3 Å². The minimum Gasteiger partial charge on any atom is -0.482 e. The molecule has 0 aliphatic heterocycles. The van der Waals surface area contributed by atoms with Gasteiger partial charge in [0.05, 0.1) is 7.11 Å². The highest BCUT2D eigenvalue weighted by Gasteiger charge is 2.07. The third kappa shape index (κ3) is 4.87. The predicted octanol–water partition coefficient (Wildman–Crippen LogP) is 0.364. The van der Waals surface area contributed by atoms with Gasteiger partial charge in [-0.15, -0.1) is 0 Å². The fourth-order valence-electron chi connectivity index (χ4n) is 0.946. The molecule has 6 heteroatoms. The Balaban J connectivity index is 2.28. The van der Waals surface area contributed by atoms with Crippen molar-refractivity contribution >= 4 is 17.6 Å². The van der Waals surface area contributed by atoms with Crippen molar-refractivity contribution in [2.75, 3.05) is 26.1 Å². The number of hydrogen-bond acceptors (Lipinski definition) is 6. The summed E-state index contributed by atoms with van der Waals surface area (Å²) in [5.74, 6) is -0.771. The molecule has 92 valence electrons. The second-order valence-electron chi connectivity index (χ2n) is 3.09. The van der Waals surface area contributed by atoms with E-state index < -0.39 is 18.5 Å². The van der Waals surface area contributed by atoms with E-state index in [-0.39, 0.29) is 6.61 Å². The van der Waals surface area contributed by atoms with Crippen LogP contribution in [-0.4, -0.2) is 32.3 Å². The van der Waals surface area contributed by atoms with Gasteiger partial charge in [-0.2, -0.15) is 0 Å². The fraction of sp³-hybridized carbons (Fsp3) is 0.273. The van der Waals surface area contributed by atoms with E-state index >= 15 is 0 Å². The first-order valence-electron chi connectivity index (χ1n) is 4.82. The Kier molecular flexibility index (Phi) is 4.80. The molecule has 0 saturated heterocycles. The zero-order valence-electron chi connectivity index (χ0n) is 9.34. The van der Waals surface area contributed by atoms with E-state index in [9.17, 15) is 9.59 Å². The molecule has 0 fully saturated rings. The standard InChI is InChI=1S/C11H13NO5/c1-15-10(13)6-17-11(14)7-16-9-4-2-8(12)3-5-9/h2-5H,6-7,12H2,1H3. The van der Waals surface area contributed by atoms with Crippen LogP contribution in [0.5, 0.6) is 5.75 Å². The minimum atomic E-state index is -0.646. The fourth-order valence-corrected chi connectivity index (χ4v) is 0.946. The zero-order valence-corrected chi connectivity index (χ0v) is 9.34. The van der Waals surface area contributed by atoms with Crippen LogP contribution in [0, 0.1) is 0 Å². The van der Waals surface area contributed by atoms with Crippen LogP contribution in [0.1, 0.15) is 0 Å². The Morgan fingerprint density at radius 3 is 2.35 bits per heavy atom. The third-order valence-electron chi connectivity index (χ3n) is 1.82. The van der Waals surface area contributed by atoms with Crippen molar-refractivity contribution in [3.05, 3.63) is 24.3 Å². The number of carbonyl (C=O) groups is 2. The highest BCUT2D eigenvalue weighted by Crippen LogP contribution is 2.12. The third-order valence-corrected chi connectivity index (χ3v) is 1.82. The number of anilines is 1. The summed E-state index contributed by atoms with van der Waals surface area (Å²) in [6.45, 7) is -0.693. The maximum atomic E-state index is 11.1. The molecule has 0 unspecified atom stereocenters. The van der Waals surface area contributed by atoms with Crippen molar-refractivity contribution in [3.63, 3.8) is 0 Å². The number of nitrogen functional groups attached to an aromatic ring is 1. The van der Waals surface area contributed by atoms with Gasteiger partial charge in [0.15, 0.2) is 13.2 Å². The Morgan fingerprint density at radius 2 is 1.76 bits per heavy atom. The number of benzene rings is 1. The summed E-state index contributed by atoms with van der Waals surface area (Å²) >= 11 is 0. The van der Waals surface area contributed by atoms with Gasteiger partial charge in [0, 0.05) is 5.69 Å². The normalized spacial score (nSPS) is 9.47. The molecule has 6 nitrogen and oxygen atoms in total. The van der Waals surface area contributed by atoms with Crippen LogP contribution in [0.3, 0.4) is 0 Å². The topological polar surface area (TPSA) is 87.8 Å². The van der Waals surface area contributed by atoms with Gasteiger partial charge >= 0.3 is 11.9 Å². The first-order valence-corrected chi connectivity index (χ1v) is 4.82. The van der Waals surface area contributed by atoms with Crippen molar-refractivity contribution in [3.8, 4) is 5.75 Å². The van der Waals surface area contributed by atoms with Gasteiger partial charge < -0.3 is 19.9 Å². The van der Waals surface area contributed by atoms with Gasteiger partial charge in [-0.05, 0) is 24.3 Å². The first kappa shape index (κ1) is 12.8. The first-order chi connectivity index (χ1) is 8.11. The molecule has 0 spiro atoms. The van der Waals surface area contributed by atoms with Crippen molar-refractivity contribution in [2.24, 2.45) is 0 Å². The molecule has 1 aromatic carbocycles. The molecular formula is C11H13NO5. The van der Waals surface area contributed by atoms with Crippen LogP contribution in [0.15, 0.2) is 24.3 Å². The predicted molar refractivity (Wildman–Crippen MR) is 59.3 cm³/mol. The van der Waals surface area contributed by atoms with Crippen LogP contribution in [-0.2, 0) is 19.1 Å². The van der Waals surface area contributed by atoms with Crippen LogP contribution in [0.25, 0.3) is 0 Å². The molecule has 0 heterocycles. The maximum Gasteiger partial charge on any atom is 0.344 e. The van der Waals surface area contributed by atoms with Gasteiger partial charge in [-0.1, -0.05) is 0 Å². The van der Waals surface area contributed by atoms with Crippen molar-refractivity contribution < 1.29 is 23.8 Å². The molecule has 0 aliphatic carbocycles.